The molecule has 88 valence electrons. The third-order valence-electron chi connectivity index (χ3n) is 2.49. The van der Waals surface area contributed by atoms with Crippen molar-refractivity contribution in [3.8, 4) is 11.1 Å². The molecular weight excluding hydrogens is 327 g/mol. The lowest BCUT2D eigenvalue weighted by atomic mass is 10.1. The van der Waals surface area contributed by atoms with Crippen LogP contribution in [-0.2, 0) is 7.05 Å². The summed E-state index contributed by atoms with van der Waals surface area (Å²) in [6.07, 6.45) is 3.37. The summed E-state index contributed by atoms with van der Waals surface area (Å²) in [5, 5.41) is 11.6. The molecule has 0 aliphatic heterocycles. The molecule has 2 rings (SSSR count). The standard InChI is InChI=1S/C13H12N2O.HI/c1-15-8-7-12(9-13(15)10-14-16)11-5-3-2-4-6-11;/h2-10H,1H3;1H. The van der Waals surface area contributed by atoms with Crippen LogP contribution in [0.3, 0.4) is 0 Å². The van der Waals surface area contributed by atoms with E-state index < -0.39 is 0 Å². The van der Waals surface area contributed by atoms with Gasteiger partial charge in [-0.25, -0.2) is 4.57 Å². The van der Waals surface area contributed by atoms with Crippen LogP contribution in [0.2, 0.25) is 0 Å². The summed E-state index contributed by atoms with van der Waals surface area (Å²) in [6.45, 7) is 0. The van der Waals surface area contributed by atoms with Crippen molar-refractivity contribution in [3.05, 3.63) is 54.4 Å². The molecule has 0 bridgehead atoms. The Bertz CT molecular complexity index is 512. The molecule has 0 atom stereocenters. The highest BCUT2D eigenvalue weighted by Crippen LogP contribution is 2.17. The van der Waals surface area contributed by atoms with Gasteiger partial charge >= 0.3 is 0 Å². The smallest absolute Gasteiger partial charge is 0.227 e. The van der Waals surface area contributed by atoms with Gasteiger partial charge in [0.15, 0.2) is 6.20 Å². The topological polar surface area (TPSA) is 36.5 Å². The lowest BCUT2D eigenvalue weighted by molar-refractivity contribution is -0.672. The molecule has 1 aromatic heterocycles. The molecule has 3 nitrogen and oxygen atoms in total. The zero-order chi connectivity index (χ0) is 11.4. The van der Waals surface area contributed by atoms with Gasteiger partial charge in [-0.05, 0) is 11.1 Å². The summed E-state index contributed by atoms with van der Waals surface area (Å²) in [6, 6.07) is 14.1. The number of halogens is 1. The van der Waals surface area contributed by atoms with E-state index in [9.17, 15) is 0 Å². The maximum atomic E-state index is 8.56. The van der Waals surface area contributed by atoms with E-state index in [0.717, 1.165) is 16.8 Å². The highest BCUT2D eigenvalue weighted by atomic mass is 127. The van der Waals surface area contributed by atoms with Crippen LogP contribution in [0.15, 0.2) is 53.8 Å². The fourth-order valence-electron chi connectivity index (χ4n) is 1.59. The number of aryl methyl sites for hydroxylation is 1. The molecule has 0 aliphatic carbocycles. The summed E-state index contributed by atoms with van der Waals surface area (Å²) in [5.41, 5.74) is 3.10. The van der Waals surface area contributed by atoms with Gasteiger partial charge in [0.1, 0.15) is 13.3 Å². The molecule has 0 saturated carbocycles. The van der Waals surface area contributed by atoms with Crippen molar-refractivity contribution in [1.82, 2.24) is 0 Å². The van der Waals surface area contributed by atoms with Gasteiger partial charge < -0.3 is 29.2 Å². The zero-order valence-corrected chi connectivity index (χ0v) is 11.6. The first kappa shape index (κ1) is 13.6. The van der Waals surface area contributed by atoms with E-state index in [1.807, 2.05) is 48.1 Å². The lowest BCUT2D eigenvalue weighted by Gasteiger charge is -2.01. The fourth-order valence-corrected chi connectivity index (χ4v) is 1.59. The number of benzene rings is 1. The Labute approximate surface area is 117 Å². The summed E-state index contributed by atoms with van der Waals surface area (Å²) in [7, 11) is 1.91. The Balaban J connectivity index is 0.00000144. The van der Waals surface area contributed by atoms with Gasteiger partial charge in [0.05, 0.1) is 0 Å². The van der Waals surface area contributed by atoms with Gasteiger partial charge in [-0.1, -0.05) is 35.5 Å². The van der Waals surface area contributed by atoms with E-state index in [2.05, 4.69) is 17.3 Å². The average molecular weight is 340 g/mol. The molecule has 17 heavy (non-hydrogen) atoms. The lowest BCUT2D eigenvalue weighted by Crippen LogP contribution is -3.00. The van der Waals surface area contributed by atoms with Crippen LogP contribution in [0.4, 0.5) is 0 Å². The maximum absolute atomic E-state index is 8.56. The monoisotopic (exact) mass is 340 g/mol. The van der Waals surface area contributed by atoms with Crippen molar-refractivity contribution >= 4 is 6.21 Å². The molecule has 0 aliphatic rings. The van der Waals surface area contributed by atoms with Gasteiger partial charge in [0.2, 0.25) is 5.69 Å². The minimum atomic E-state index is 0. The Morgan fingerprint density at radius 1 is 1.12 bits per heavy atom. The van der Waals surface area contributed by atoms with Crippen LogP contribution in [0.25, 0.3) is 11.1 Å². The van der Waals surface area contributed by atoms with Crippen molar-refractivity contribution in [2.45, 2.75) is 0 Å². The first-order valence-electron chi connectivity index (χ1n) is 5.04. The third kappa shape index (κ3) is 3.26. The molecule has 4 heteroatoms. The van der Waals surface area contributed by atoms with Crippen LogP contribution in [0.5, 0.6) is 0 Å². The first-order chi connectivity index (χ1) is 7.81. The van der Waals surface area contributed by atoms with Crippen molar-refractivity contribution in [3.63, 3.8) is 0 Å². The molecule has 1 heterocycles. The van der Waals surface area contributed by atoms with Crippen LogP contribution in [-0.4, -0.2) is 11.4 Å². The normalized spacial score (nSPS) is 10.2. The number of pyridine rings is 1. The van der Waals surface area contributed by atoms with Crippen molar-refractivity contribution in [1.29, 1.82) is 0 Å². The quantitative estimate of drug-likeness (QED) is 0.246. The van der Waals surface area contributed by atoms with Crippen molar-refractivity contribution in [2.24, 2.45) is 12.2 Å². The van der Waals surface area contributed by atoms with Gasteiger partial charge in [-0.3, -0.25) is 0 Å². The number of nitrogens with zero attached hydrogens (tertiary/aromatic N) is 2. The van der Waals surface area contributed by atoms with E-state index >= 15 is 0 Å². The Hall–Kier alpha value is -1.43. The SMILES string of the molecule is C[n+]1ccc(-c2ccccc2)cc1/C=N/O.[I-]. The number of aromatic nitrogens is 1. The second-order valence-electron chi connectivity index (χ2n) is 3.56. The molecule has 1 N–H and O–H groups in total. The fraction of sp³-hybridized carbons (Fsp3) is 0.0769. The molecule has 2 aromatic rings. The number of hydrogen-bond donors (Lipinski definition) is 1. The van der Waals surface area contributed by atoms with Gasteiger partial charge in [-0.2, -0.15) is 0 Å². The van der Waals surface area contributed by atoms with E-state index in [1.165, 1.54) is 6.21 Å². The Kier molecular flexibility index (Phi) is 5.09. The number of oxime groups is 1. The van der Waals surface area contributed by atoms with Gasteiger partial charge in [0, 0.05) is 12.1 Å². The summed E-state index contributed by atoms with van der Waals surface area (Å²) in [4.78, 5) is 0. The second kappa shape index (κ2) is 6.34. The maximum Gasteiger partial charge on any atom is 0.227 e. The molecule has 1 aromatic carbocycles. The van der Waals surface area contributed by atoms with Crippen molar-refractivity contribution < 1.29 is 33.8 Å². The van der Waals surface area contributed by atoms with Crippen LogP contribution in [0.1, 0.15) is 5.69 Å². The minimum absolute atomic E-state index is 0. The largest absolute Gasteiger partial charge is 1.00 e. The highest BCUT2D eigenvalue weighted by Gasteiger charge is 2.06. The molecule has 0 amide bonds. The second-order valence-corrected chi connectivity index (χ2v) is 3.56. The number of rotatable bonds is 2. The van der Waals surface area contributed by atoms with E-state index in [4.69, 9.17) is 5.21 Å². The average Bonchev–Trinajstić information content (AvgIpc) is 2.33. The predicted octanol–water partition coefficient (Wildman–Crippen LogP) is -1.01. The minimum Gasteiger partial charge on any atom is -1.00 e. The van der Waals surface area contributed by atoms with Crippen LogP contribution >= 0.6 is 0 Å². The molecule has 0 unspecified atom stereocenters. The molecule has 0 saturated heterocycles. The number of hydrogen-bond acceptors (Lipinski definition) is 2. The van der Waals surface area contributed by atoms with Crippen LogP contribution < -0.4 is 28.5 Å². The molecule has 0 spiro atoms. The molecule has 0 fully saturated rings. The van der Waals surface area contributed by atoms with E-state index in [1.54, 1.807) is 0 Å². The predicted molar refractivity (Wildman–Crippen MR) is 62.4 cm³/mol. The molecule has 0 radical (unpaired) electrons. The van der Waals surface area contributed by atoms with Crippen molar-refractivity contribution in [2.75, 3.05) is 0 Å². The summed E-state index contributed by atoms with van der Waals surface area (Å²) in [5.74, 6) is 0. The summed E-state index contributed by atoms with van der Waals surface area (Å²) < 4.78 is 1.90. The third-order valence-corrected chi connectivity index (χ3v) is 2.49. The summed E-state index contributed by atoms with van der Waals surface area (Å²) >= 11 is 0. The van der Waals surface area contributed by atoms with Gasteiger partial charge in [0.25, 0.3) is 0 Å². The highest BCUT2D eigenvalue weighted by molar-refractivity contribution is 5.77. The van der Waals surface area contributed by atoms with E-state index in [0.29, 0.717) is 0 Å². The molecular formula is C13H13IN2O. The van der Waals surface area contributed by atoms with Gasteiger partial charge in [-0.15, -0.1) is 0 Å². The Morgan fingerprint density at radius 2 is 1.82 bits per heavy atom. The zero-order valence-electron chi connectivity index (χ0n) is 9.42. The van der Waals surface area contributed by atoms with Crippen LogP contribution in [0, 0.1) is 0 Å². The first-order valence-corrected chi connectivity index (χ1v) is 5.04. The Morgan fingerprint density at radius 3 is 2.47 bits per heavy atom. The van der Waals surface area contributed by atoms with E-state index in [-0.39, 0.29) is 24.0 Å².